The first-order valence-electron chi connectivity index (χ1n) is 8.32. The van der Waals surface area contributed by atoms with Crippen molar-refractivity contribution in [2.45, 2.75) is 19.4 Å². The first kappa shape index (κ1) is 20.0. The number of rotatable bonds is 9. The van der Waals surface area contributed by atoms with Crippen molar-refractivity contribution in [1.29, 1.82) is 0 Å². The number of carbonyl (C=O) groups excluding carboxylic acids is 3. The third kappa shape index (κ3) is 7.60. The van der Waals surface area contributed by atoms with Gasteiger partial charge in [-0.25, -0.2) is 9.59 Å². The Morgan fingerprint density at radius 3 is 2.07 bits per heavy atom. The van der Waals surface area contributed by atoms with Crippen LogP contribution in [0.5, 0.6) is 11.5 Å². The van der Waals surface area contributed by atoms with Crippen molar-refractivity contribution < 1.29 is 33.3 Å². The van der Waals surface area contributed by atoms with E-state index in [1.54, 1.807) is 54.6 Å². The predicted molar refractivity (Wildman–Crippen MR) is 95.1 cm³/mol. The van der Waals surface area contributed by atoms with Gasteiger partial charge in [-0.2, -0.15) is 0 Å². The van der Waals surface area contributed by atoms with Crippen LogP contribution in [0.3, 0.4) is 0 Å². The number of para-hydroxylation sites is 2. The molecule has 0 aliphatic carbocycles. The summed E-state index contributed by atoms with van der Waals surface area (Å²) in [6, 6.07) is 17.3. The van der Waals surface area contributed by atoms with Crippen LogP contribution < -0.4 is 9.47 Å². The predicted octanol–water partition coefficient (Wildman–Crippen LogP) is 2.54. The van der Waals surface area contributed by atoms with Crippen molar-refractivity contribution in [3.05, 3.63) is 60.7 Å². The van der Waals surface area contributed by atoms with E-state index in [1.165, 1.54) is 6.92 Å². The van der Waals surface area contributed by atoms with Gasteiger partial charge in [-0.3, -0.25) is 4.79 Å². The van der Waals surface area contributed by atoms with Crippen LogP contribution in [0.4, 0.5) is 0 Å². The lowest BCUT2D eigenvalue weighted by molar-refractivity contribution is -0.167. The van der Waals surface area contributed by atoms with Crippen molar-refractivity contribution in [2.75, 3.05) is 13.2 Å². The zero-order valence-electron chi connectivity index (χ0n) is 14.8. The maximum Gasteiger partial charge on any atom is 0.355 e. The summed E-state index contributed by atoms with van der Waals surface area (Å²) in [5.74, 6) is -1.30. The highest BCUT2D eigenvalue weighted by Crippen LogP contribution is 2.14. The van der Waals surface area contributed by atoms with Gasteiger partial charge in [-0.05, 0) is 24.3 Å². The van der Waals surface area contributed by atoms with E-state index in [1.807, 2.05) is 6.07 Å². The fourth-order valence-corrected chi connectivity index (χ4v) is 2.06. The maximum absolute atomic E-state index is 12.3. The van der Waals surface area contributed by atoms with Crippen LogP contribution in [0.2, 0.25) is 0 Å². The van der Waals surface area contributed by atoms with Gasteiger partial charge in [0.1, 0.15) is 11.5 Å². The molecule has 142 valence electrons. The van der Waals surface area contributed by atoms with E-state index in [4.69, 9.17) is 18.9 Å². The molecule has 2 rings (SSSR count). The molecular weight excluding hydrogens is 352 g/mol. The average Bonchev–Trinajstić information content (AvgIpc) is 2.67. The molecule has 7 nitrogen and oxygen atoms in total. The molecular formula is C20H20O7. The lowest BCUT2D eigenvalue weighted by atomic mass is 10.2. The highest BCUT2D eigenvalue weighted by atomic mass is 16.6. The van der Waals surface area contributed by atoms with E-state index < -0.39 is 30.6 Å². The highest BCUT2D eigenvalue weighted by molar-refractivity contribution is 5.88. The zero-order valence-corrected chi connectivity index (χ0v) is 14.8. The van der Waals surface area contributed by atoms with E-state index in [0.29, 0.717) is 11.5 Å². The second kappa shape index (κ2) is 10.6. The van der Waals surface area contributed by atoms with E-state index in [-0.39, 0.29) is 13.0 Å². The minimum atomic E-state index is -1.10. The van der Waals surface area contributed by atoms with E-state index >= 15 is 0 Å². The van der Waals surface area contributed by atoms with E-state index in [2.05, 4.69) is 0 Å². The molecule has 1 unspecified atom stereocenters. The third-order valence-electron chi connectivity index (χ3n) is 3.28. The molecule has 1 atom stereocenters. The number of carbonyl (C=O) groups is 3. The summed E-state index contributed by atoms with van der Waals surface area (Å²) in [4.78, 5) is 35.0. The topological polar surface area (TPSA) is 88.1 Å². The van der Waals surface area contributed by atoms with Gasteiger partial charge >= 0.3 is 17.9 Å². The average molecular weight is 372 g/mol. The van der Waals surface area contributed by atoms with Crippen LogP contribution in [0.25, 0.3) is 0 Å². The Bertz CT molecular complexity index is 743. The molecule has 0 amide bonds. The smallest absolute Gasteiger partial charge is 0.355 e. The van der Waals surface area contributed by atoms with Gasteiger partial charge < -0.3 is 18.9 Å². The molecule has 0 saturated heterocycles. The minimum absolute atomic E-state index is 0.0418. The van der Waals surface area contributed by atoms with E-state index in [9.17, 15) is 14.4 Å². The normalized spacial score (nSPS) is 11.1. The summed E-state index contributed by atoms with van der Waals surface area (Å²) >= 11 is 0. The van der Waals surface area contributed by atoms with Gasteiger partial charge in [-0.1, -0.05) is 36.4 Å². The Labute approximate surface area is 156 Å². The summed E-state index contributed by atoms with van der Waals surface area (Å²) in [6.45, 7) is 0.796. The van der Waals surface area contributed by atoms with E-state index in [0.717, 1.165) is 0 Å². The van der Waals surface area contributed by atoms with Crippen molar-refractivity contribution in [3.63, 3.8) is 0 Å². The van der Waals surface area contributed by atoms with Crippen molar-refractivity contribution in [1.82, 2.24) is 0 Å². The Morgan fingerprint density at radius 1 is 0.889 bits per heavy atom. The molecule has 0 saturated carbocycles. The second-order valence-electron chi connectivity index (χ2n) is 5.44. The molecule has 2 aromatic carbocycles. The first-order valence-corrected chi connectivity index (χ1v) is 8.32. The third-order valence-corrected chi connectivity index (χ3v) is 3.28. The molecule has 0 aliphatic heterocycles. The molecule has 27 heavy (non-hydrogen) atoms. The van der Waals surface area contributed by atoms with Crippen molar-refractivity contribution in [2.24, 2.45) is 0 Å². The summed E-state index contributed by atoms with van der Waals surface area (Å²) in [6.07, 6.45) is -1.06. The molecule has 2 aromatic rings. The van der Waals surface area contributed by atoms with Gasteiger partial charge in [0.2, 0.25) is 0 Å². The monoisotopic (exact) mass is 372 g/mol. The van der Waals surface area contributed by atoms with Gasteiger partial charge in [-0.15, -0.1) is 0 Å². The maximum atomic E-state index is 12.3. The zero-order chi connectivity index (χ0) is 19.5. The van der Waals surface area contributed by atoms with Crippen LogP contribution in [0.15, 0.2) is 60.7 Å². The number of hydrogen-bond acceptors (Lipinski definition) is 7. The van der Waals surface area contributed by atoms with Gasteiger partial charge in [0.05, 0.1) is 6.61 Å². The van der Waals surface area contributed by atoms with Gasteiger partial charge in [0.15, 0.2) is 12.7 Å². The van der Waals surface area contributed by atoms with Crippen LogP contribution in [-0.4, -0.2) is 37.2 Å². The molecule has 0 N–H and O–H groups in total. The number of ether oxygens (including phenoxy) is 4. The summed E-state index contributed by atoms with van der Waals surface area (Å²) in [5.41, 5.74) is 0. The van der Waals surface area contributed by atoms with Crippen LogP contribution >= 0.6 is 0 Å². The lowest BCUT2D eigenvalue weighted by Gasteiger charge is -2.17. The molecule has 7 heteroatoms. The first-order chi connectivity index (χ1) is 13.0. The van der Waals surface area contributed by atoms with Crippen molar-refractivity contribution >= 4 is 17.9 Å². The summed E-state index contributed by atoms with van der Waals surface area (Å²) in [5, 5.41) is 0. The fourth-order valence-electron chi connectivity index (χ4n) is 2.06. The Hall–Kier alpha value is -3.35. The number of benzene rings is 2. The van der Waals surface area contributed by atoms with Crippen LogP contribution in [0.1, 0.15) is 13.3 Å². The summed E-state index contributed by atoms with van der Waals surface area (Å²) < 4.78 is 20.4. The second-order valence-corrected chi connectivity index (χ2v) is 5.44. The molecule has 0 bridgehead atoms. The largest absolute Gasteiger partial charge is 0.482 e. The van der Waals surface area contributed by atoms with Gasteiger partial charge in [0, 0.05) is 13.3 Å². The molecule has 0 heterocycles. The number of hydrogen-bond donors (Lipinski definition) is 0. The van der Waals surface area contributed by atoms with Gasteiger partial charge in [0.25, 0.3) is 0 Å². The molecule has 0 fully saturated rings. The number of esters is 3. The fraction of sp³-hybridized carbons (Fsp3) is 0.250. The van der Waals surface area contributed by atoms with Crippen LogP contribution in [-0.2, 0) is 23.9 Å². The summed E-state index contributed by atoms with van der Waals surface area (Å²) in [7, 11) is 0. The SMILES string of the molecule is CC(=O)OCCC(Oc1ccccc1)C(=O)OC(=O)COc1ccccc1. The Kier molecular flexibility index (Phi) is 7.84. The van der Waals surface area contributed by atoms with Crippen molar-refractivity contribution in [3.8, 4) is 11.5 Å². The van der Waals surface area contributed by atoms with Crippen LogP contribution in [0, 0.1) is 0 Å². The Morgan fingerprint density at radius 2 is 1.48 bits per heavy atom. The Balaban J connectivity index is 1.90. The molecule has 0 aromatic heterocycles. The standard InChI is InChI=1S/C20H20O7/c1-15(21)24-13-12-18(26-17-10-6-3-7-11-17)20(23)27-19(22)14-25-16-8-4-2-5-9-16/h2-11,18H,12-14H2,1H3. The quantitative estimate of drug-likeness (QED) is 0.494. The highest BCUT2D eigenvalue weighted by Gasteiger charge is 2.25. The lowest BCUT2D eigenvalue weighted by Crippen LogP contribution is -2.33. The molecule has 0 radical (unpaired) electrons. The molecule has 0 spiro atoms. The molecule has 0 aliphatic rings. The minimum Gasteiger partial charge on any atom is -0.482 e.